The molecule has 0 unspecified atom stereocenters. The van der Waals surface area contributed by atoms with Crippen molar-refractivity contribution in [1.82, 2.24) is 15.6 Å². The first kappa shape index (κ1) is 25.0. The van der Waals surface area contributed by atoms with Crippen LogP contribution in [0.5, 0.6) is 11.5 Å². The van der Waals surface area contributed by atoms with Crippen LogP contribution in [0, 0.1) is 6.92 Å². The van der Waals surface area contributed by atoms with Crippen LogP contribution in [0.1, 0.15) is 11.1 Å². The highest BCUT2D eigenvalue weighted by Gasteiger charge is 2.24. The van der Waals surface area contributed by atoms with Crippen molar-refractivity contribution >= 4 is 34.7 Å². The Kier molecular flexibility index (Phi) is 7.37. The van der Waals surface area contributed by atoms with Crippen LogP contribution in [0.25, 0.3) is 27.8 Å². The number of benzene rings is 4. The quantitative estimate of drug-likeness (QED) is 0.138. The predicted octanol–water partition coefficient (Wildman–Crippen LogP) is 4.14. The molecule has 38 heavy (non-hydrogen) atoms. The highest BCUT2D eigenvalue weighted by molar-refractivity contribution is 7.99. The first-order valence-corrected chi connectivity index (χ1v) is 12.9. The van der Waals surface area contributed by atoms with Crippen molar-refractivity contribution < 1.29 is 19.2 Å². The van der Waals surface area contributed by atoms with E-state index in [1.54, 1.807) is 13.2 Å². The summed E-state index contributed by atoms with van der Waals surface area (Å²) >= 11 is 1.27. The van der Waals surface area contributed by atoms with Crippen molar-refractivity contribution in [3.05, 3.63) is 96.1 Å². The Morgan fingerprint density at radius 1 is 1.08 bits per heavy atom. The lowest BCUT2D eigenvalue weighted by atomic mass is 10.0. The molecule has 0 bridgehead atoms. The van der Waals surface area contributed by atoms with Crippen LogP contribution in [-0.4, -0.2) is 35.2 Å². The zero-order chi connectivity index (χ0) is 26.5. The number of carbonyl (C=O) groups is 1. The molecule has 0 aliphatic heterocycles. The predicted molar refractivity (Wildman–Crippen MR) is 147 cm³/mol. The fraction of sp³-hybridized carbons (Fsp3) is 0.103. The molecule has 1 aromatic heterocycles. The first-order chi connectivity index (χ1) is 18.5. The van der Waals surface area contributed by atoms with Crippen LogP contribution in [0.2, 0.25) is 0 Å². The van der Waals surface area contributed by atoms with Crippen LogP contribution < -0.4 is 19.8 Å². The van der Waals surface area contributed by atoms with E-state index in [9.17, 15) is 9.90 Å². The third kappa shape index (κ3) is 5.37. The van der Waals surface area contributed by atoms with Gasteiger partial charge >= 0.3 is 5.16 Å². The van der Waals surface area contributed by atoms with Crippen LogP contribution in [-0.2, 0) is 4.79 Å². The third-order valence-corrected chi connectivity index (χ3v) is 6.91. The summed E-state index contributed by atoms with van der Waals surface area (Å²) in [5.74, 6) is 1.13. The van der Waals surface area contributed by atoms with Crippen molar-refractivity contribution in [2.24, 2.45) is 5.10 Å². The number of nitrogens with zero attached hydrogens (tertiary/aromatic N) is 3. The minimum absolute atomic E-state index is 0.0749. The lowest BCUT2D eigenvalue weighted by Crippen LogP contribution is -2.34. The maximum atomic E-state index is 12.6. The zero-order valence-corrected chi connectivity index (χ0v) is 21.7. The molecule has 0 saturated carbocycles. The molecule has 1 amide bonds. The molecule has 8 nitrogen and oxygen atoms in total. The Bertz CT molecular complexity index is 1610. The van der Waals surface area contributed by atoms with Gasteiger partial charge in [0.15, 0.2) is 0 Å². The molecule has 190 valence electrons. The number of carbonyl (C=O) groups excluding carboxylic acids is 1. The molecule has 0 radical (unpaired) electrons. The second-order valence-electron chi connectivity index (χ2n) is 8.53. The highest BCUT2D eigenvalue weighted by atomic mass is 32.2. The van der Waals surface area contributed by atoms with Gasteiger partial charge in [0.25, 0.3) is 11.7 Å². The number of H-pyrrole nitrogens is 1. The molecular formula is C29H25N5O3S. The standard InChI is InChI=1S/C29H25N5O3S/c1-19-7-9-21(10-8-19)28-32-33-29(34(28)22-12-14-23(37-2)15-13-22)38-18-27(36)31-30-17-25-24-6-4-3-5-20(24)11-16-26(25)35/h3-17H,18H2,1-2H3,(H2,30,31,35,36). The fourth-order valence-electron chi connectivity index (χ4n) is 4.01. The molecule has 1 heterocycles. The molecule has 2 N–H and O–H groups in total. The van der Waals surface area contributed by atoms with Crippen molar-refractivity contribution in [3.8, 4) is 28.6 Å². The second-order valence-corrected chi connectivity index (χ2v) is 9.48. The van der Waals surface area contributed by atoms with E-state index in [1.807, 2.05) is 84.3 Å². The lowest BCUT2D eigenvalue weighted by molar-refractivity contribution is -0.625. The summed E-state index contributed by atoms with van der Waals surface area (Å²) in [4.78, 5) is 12.6. The molecule has 0 saturated heterocycles. The van der Waals surface area contributed by atoms with E-state index in [2.05, 4.69) is 20.7 Å². The first-order valence-electron chi connectivity index (χ1n) is 11.9. The van der Waals surface area contributed by atoms with Crippen molar-refractivity contribution in [2.75, 3.05) is 12.9 Å². The van der Waals surface area contributed by atoms with Crippen LogP contribution in [0.15, 0.2) is 95.2 Å². The van der Waals surface area contributed by atoms with E-state index in [0.717, 1.165) is 39.2 Å². The molecule has 5 aromatic rings. The normalized spacial score (nSPS) is 11.2. The van der Waals surface area contributed by atoms with Gasteiger partial charge in [-0.15, -0.1) is 5.10 Å². The number of methoxy groups -OCH3 is 1. The number of hydrazone groups is 1. The van der Waals surface area contributed by atoms with E-state index in [0.29, 0.717) is 10.7 Å². The number of fused-ring (bicyclic) bond motifs is 1. The Morgan fingerprint density at radius 2 is 1.84 bits per heavy atom. The number of thioether (sulfide) groups is 1. The second kappa shape index (κ2) is 11.2. The molecule has 0 spiro atoms. The number of hydrogen-bond donors (Lipinski definition) is 2. The minimum atomic E-state index is -0.319. The summed E-state index contributed by atoms with van der Waals surface area (Å²) in [6.45, 7) is 2.04. The van der Waals surface area contributed by atoms with Gasteiger partial charge in [0.05, 0.1) is 29.7 Å². The number of aryl methyl sites for hydroxylation is 1. The lowest BCUT2D eigenvalue weighted by Gasteiger charge is -2.12. The van der Waals surface area contributed by atoms with Gasteiger partial charge in [-0.2, -0.15) is 9.67 Å². The summed E-state index contributed by atoms with van der Waals surface area (Å²) in [6, 6.07) is 26.6. The molecular weight excluding hydrogens is 498 g/mol. The van der Waals surface area contributed by atoms with Gasteiger partial charge in [-0.1, -0.05) is 59.8 Å². The minimum Gasteiger partial charge on any atom is -0.872 e. The monoisotopic (exact) mass is 523 g/mol. The van der Waals surface area contributed by atoms with Gasteiger partial charge in [-0.25, -0.2) is 5.43 Å². The van der Waals surface area contributed by atoms with Gasteiger partial charge in [0.2, 0.25) is 0 Å². The highest BCUT2D eigenvalue weighted by Crippen LogP contribution is 2.24. The van der Waals surface area contributed by atoms with E-state index >= 15 is 0 Å². The number of hydrogen-bond acceptors (Lipinski definition) is 6. The topological polar surface area (TPSA) is 106 Å². The molecule has 0 aliphatic rings. The Balaban J connectivity index is 1.34. The zero-order valence-electron chi connectivity index (χ0n) is 20.8. The van der Waals surface area contributed by atoms with Gasteiger partial charge in [-0.3, -0.25) is 4.79 Å². The van der Waals surface area contributed by atoms with E-state index in [-0.39, 0.29) is 17.4 Å². The summed E-state index contributed by atoms with van der Waals surface area (Å²) in [5.41, 5.74) is 5.94. The van der Waals surface area contributed by atoms with Gasteiger partial charge in [0.1, 0.15) is 11.4 Å². The number of rotatable bonds is 8. The Hall–Kier alpha value is -4.63. The van der Waals surface area contributed by atoms with Crippen molar-refractivity contribution in [2.45, 2.75) is 12.1 Å². The average molecular weight is 524 g/mol. The number of aromatic nitrogens is 3. The third-order valence-electron chi connectivity index (χ3n) is 5.97. The van der Waals surface area contributed by atoms with Gasteiger partial charge < -0.3 is 9.84 Å². The maximum absolute atomic E-state index is 12.6. The summed E-state index contributed by atoms with van der Waals surface area (Å²) in [6.07, 6.45) is 1.40. The van der Waals surface area contributed by atoms with E-state index < -0.39 is 0 Å². The SMILES string of the molecule is COc1ccc(-[n+]2c(SCC(=O)N/N=C/c3c([O-])ccc4ccccc34)n[nH]c2-c2ccc(C)cc2)cc1. The van der Waals surface area contributed by atoms with E-state index in [1.165, 1.54) is 24.0 Å². The maximum Gasteiger partial charge on any atom is 0.342 e. The largest absolute Gasteiger partial charge is 0.872 e. The summed E-state index contributed by atoms with van der Waals surface area (Å²) in [7, 11) is 1.62. The number of ether oxygens (including phenoxy) is 1. The molecule has 4 aromatic carbocycles. The van der Waals surface area contributed by atoms with Gasteiger partial charge in [0, 0.05) is 0 Å². The van der Waals surface area contributed by atoms with Crippen LogP contribution in [0.3, 0.4) is 0 Å². The van der Waals surface area contributed by atoms with Crippen LogP contribution >= 0.6 is 11.8 Å². The molecule has 0 fully saturated rings. The average Bonchev–Trinajstić information content (AvgIpc) is 3.37. The van der Waals surface area contributed by atoms with Crippen molar-refractivity contribution in [1.29, 1.82) is 0 Å². The number of amides is 1. The molecule has 9 heteroatoms. The van der Waals surface area contributed by atoms with E-state index in [4.69, 9.17) is 4.74 Å². The number of nitrogens with one attached hydrogen (secondary N) is 2. The summed E-state index contributed by atoms with van der Waals surface area (Å²) in [5, 5.41) is 26.3. The smallest absolute Gasteiger partial charge is 0.342 e. The van der Waals surface area contributed by atoms with Gasteiger partial charge in [-0.05, 0) is 71.4 Å². The summed E-state index contributed by atoms with van der Waals surface area (Å²) < 4.78 is 7.26. The Morgan fingerprint density at radius 3 is 2.61 bits per heavy atom. The molecule has 5 rings (SSSR count). The fourth-order valence-corrected chi connectivity index (χ4v) is 4.77. The number of aromatic amines is 1. The van der Waals surface area contributed by atoms with Crippen LogP contribution in [0.4, 0.5) is 0 Å². The van der Waals surface area contributed by atoms with Crippen molar-refractivity contribution in [3.63, 3.8) is 0 Å². The molecule has 0 aliphatic carbocycles. The molecule has 0 atom stereocenters. The Labute approximate surface area is 224 Å².